The predicted molar refractivity (Wildman–Crippen MR) is 93.1 cm³/mol. The van der Waals surface area contributed by atoms with Crippen molar-refractivity contribution in [1.29, 1.82) is 0 Å². The van der Waals surface area contributed by atoms with Crippen LogP contribution in [0.5, 0.6) is 0 Å². The quantitative estimate of drug-likeness (QED) is 0.921. The van der Waals surface area contributed by atoms with Crippen LogP contribution in [0.25, 0.3) is 0 Å². The molecule has 0 aliphatic carbocycles. The molecule has 1 N–H and O–H groups in total. The van der Waals surface area contributed by atoms with Gasteiger partial charge in [-0.05, 0) is 32.0 Å². The molecule has 0 radical (unpaired) electrons. The summed E-state index contributed by atoms with van der Waals surface area (Å²) in [7, 11) is 0. The van der Waals surface area contributed by atoms with E-state index in [1.54, 1.807) is 30.7 Å². The Morgan fingerprint density at radius 3 is 2.38 bits per heavy atom. The molecule has 2 aromatic rings. The van der Waals surface area contributed by atoms with Crippen LogP contribution in [0.4, 0.5) is 11.8 Å². The number of pyridine rings is 1. The van der Waals surface area contributed by atoms with E-state index in [-0.39, 0.29) is 11.9 Å². The van der Waals surface area contributed by atoms with Crippen molar-refractivity contribution in [3.8, 4) is 0 Å². The minimum Gasteiger partial charge on any atom is -0.367 e. The summed E-state index contributed by atoms with van der Waals surface area (Å²) in [4.78, 5) is 29.6. The molecular formula is C17H22N6O. The van der Waals surface area contributed by atoms with E-state index in [1.165, 1.54) is 0 Å². The molecule has 0 atom stereocenters. The highest BCUT2D eigenvalue weighted by Crippen LogP contribution is 2.17. The average Bonchev–Trinajstić information content (AvgIpc) is 2.62. The van der Waals surface area contributed by atoms with Gasteiger partial charge in [-0.25, -0.2) is 15.0 Å². The molecule has 0 bridgehead atoms. The molecule has 2 aromatic heterocycles. The van der Waals surface area contributed by atoms with E-state index < -0.39 is 0 Å². The second-order valence-corrected chi connectivity index (χ2v) is 6.03. The fraction of sp³-hybridized carbons (Fsp3) is 0.412. The largest absolute Gasteiger partial charge is 0.367 e. The monoisotopic (exact) mass is 326 g/mol. The standard InChI is InChI=1S/C17H22N6O/c1-13(2)21-15-14(5-3-6-18-15)16(24)22-9-11-23(12-10-22)17-19-7-4-8-20-17/h3-8,13H,9-12H2,1-2H3,(H,18,21). The molecule has 1 fully saturated rings. The fourth-order valence-electron chi connectivity index (χ4n) is 2.70. The number of carbonyl (C=O) groups is 1. The number of aromatic nitrogens is 3. The van der Waals surface area contributed by atoms with Gasteiger partial charge in [-0.3, -0.25) is 4.79 Å². The van der Waals surface area contributed by atoms with Crippen molar-refractivity contribution in [2.45, 2.75) is 19.9 Å². The Morgan fingerprint density at radius 2 is 1.71 bits per heavy atom. The lowest BCUT2D eigenvalue weighted by molar-refractivity contribution is 0.0747. The number of hydrogen-bond acceptors (Lipinski definition) is 6. The molecule has 0 saturated carbocycles. The second kappa shape index (κ2) is 7.25. The number of amides is 1. The van der Waals surface area contributed by atoms with Gasteiger partial charge in [0.05, 0.1) is 5.56 Å². The minimum absolute atomic E-state index is 0.0138. The number of anilines is 2. The van der Waals surface area contributed by atoms with Crippen LogP contribution in [0.3, 0.4) is 0 Å². The SMILES string of the molecule is CC(C)Nc1ncccc1C(=O)N1CCN(c2ncccn2)CC1. The van der Waals surface area contributed by atoms with Crippen LogP contribution in [0.2, 0.25) is 0 Å². The van der Waals surface area contributed by atoms with E-state index in [0.29, 0.717) is 30.4 Å². The first-order chi connectivity index (χ1) is 11.6. The Kier molecular flexibility index (Phi) is 4.88. The zero-order chi connectivity index (χ0) is 16.9. The molecule has 7 heteroatoms. The van der Waals surface area contributed by atoms with Crippen LogP contribution >= 0.6 is 0 Å². The Hall–Kier alpha value is -2.70. The smallest absolute Gasteiger partial charge is 0.257 e. The predicted octanol–water partition coefficient (Wildman–Crippen LogP) is 1.65. The average molecular weight is 326 g/mol. The zero-order valence-corrected chi connectivity index (χ0v) is 14.0. The Labute approximate surface area is 141 Å². The molecule has 1 amide bonds. The first-order valence-electron chi connectivity index (χ1n) is 8.18. The van der Waals surface area contributed by atoms with Crippen LogP contribution in [-0.4, -0.2) is 58.0 Å². The molecular weight excluding hydrogens is 304 g/mol. The van der Waals surface area contributed by atoms with E-state index >= 15 is 0 Å². The summed E-state index contributed by atoms with van der Waals surface area (Å²) in [5, 5.41) is 3.24. The Balaban J connectivity index is 1.68. The summed E-state index contributed by atoms with van der Waals surface area (Å²) < 4.78 is 0. The Bertz CT molecular complexity index is 682. The molecule has 7 nitrogen and oxygen atoms in total. The normalized spacial score (nSPS) is 14.8. The first-order valence-corrected chi connectivity index (χ1v) is 8.18. The van der Waals surface area contributed by atoms with Gasteiger partial charge < -0.3 is 15.1 Å². The minimum atomic E-state index is 0.0138. The third-order valence-corrected chi connectivity index (χ3v) is 3.87. The van der Waals surface area contributed by atoms with Gasteiger partial charge in [-0.1, -0.05) is 0 Å². The van der Waals surface area contributed by atoms with Gasteiger partial charge in [0.1, 0.15) is 5.82 Å². The summed E-state index contributed by atoms with van der Waals surface area (Å²) in [5.41, 5.74) is 0.621. The topological polar surface area (TPSA) is 74.2 Å². The van der Waals surface area contributed by atoms with Crippen molar-refractivity contribution in [3.63, 3.8) is 0 Å². The molecule has 0 spiro atoms. The second-order valence-electron chi connectivity index (χ2n) is 6.03. The molecule has 126 valence electrons. The van der Waals surface area contributed by atoms with Crippen molar-refractivity contribution in [2.24, 2.45) is 0 Å². The summed E-state index contributed by atoms with van der Waals surface area (Å²) >= 11 is 0. The molecule has 0 unspecified atom stereocenters. The number of nitrogens with one attached hydrogen (secondary N) is 1. The van der Waals surface area contributed by atoms with Crippen molar-refractivity contribution >= 4 is 17.7 Å². The van der Waals surface area contributed by atoms with E-state index in [1.807, 2.05) is 24.8 Å². The molecule has 3 heterocycles. The third-order valence-electron chi connectivity index (χ3n) is 3.87. The maximum absolute atomic E-state index is 12.8. The highest BCUT2D eigenvalue weighted by atomic mass is 16.2. The lowest BCUT2D eigenvalue weighted by atomic mass is 10.2. The van der Waals surface area contributed by atoms with Gasteiger partial charge in [0.15, 0.2) is 0 Å². The van der Waals surface area contributed by atoms with Gasteiger partial charge in [-0.2, -0.15) is 0 Å². The van der Waals surface area contributed by atoms with Crippen molar-refractivity contribution < 1.29 is 4.79 Å². The molecule has 1 saturated heterocycles. The highest BCUT2D eigenvalue weighted by Gasteiger charge is 2.25. The van der Waals surface area contributed by atoms with Crippen LogP contribution in [0.15, 0.2) is 36.8 Å². The molecule has 24 heavy (non-hydrogen) atoms. The van der Waals surface area contributed by atoms with Crippen LogP contribution in [0, 0.1) is 0 Å². The van der Waals surface area contributed by atoms with E-state index in [0.717, 1.165) is 13.1 Å². The molecule has 3 rings (SSSR count). The number of piperazine rings is 1. The fourth-order valence-corrected chi connectivity index (χ4v) is 2.70. The van der Waals surface area contributed by atoms with Gasteiger partial charge in [0.2, 0.25) is 5.95 Å². The van der Waals surface area contributed by atoms with Crippen molar-refractivity contribution in [1.82, 2.24) is 19.9 Å². The van der Waals surface area contributed by atoms with Crippen LogP contribution in [0.1, 0.15) is 24.2 Å². The Morgan fingerprint density at radius 1 is 1.04 bits per heavy atom. The number of carbonyl (C=O) groups excluding carboxylic acids is 1. The van der Waals surface area contributed by atoms with E-state index in [4.69, 9.17) is 0 Å². The molecule has 1 aliphatic heterocycles. The van der Waals surface area contributed by atoms with Gasteiger partial charge in [-0.15, -0.1) is 0 Å². The zero-order valence-electron chi connectivity index (χ0n) is 14.0. The summed E-state index contributed by atoms with van der Waals surface area (Å²) in [6, 6.07) is 5.65. The van der Waals surface area contributed by atoms with E-state index in [9.17, 15) is 4.79 Å². The number of nitrogens with zero attached hydrogens (tertiary/aromatic N) is 5. The molecule has 0 aromatic carbocycles. The lowest BCUT2D eigenvalue weighted by Crippen LogP contribution is -2.49. The number of rotatable bonds is 4. The third kappa shape index (κ3) is 3.61. The van der Waals surface area contributed by atoms with Crippen LogP contribution < -0.4 is 10.2 Å². The highest BCUT2D eigenvalue weighted by molar-refractivity contribution is 5.98. The summed E-state index contributed by atoms with van der Waals surface area (Å²) in [6.07, 6.45) is 5.17. The molecule has 1 aliphatic rings. The summed E-state index contributed by atoms with van der Waals surface area (Å²) in [6.45, 7) is 6.80. The maximum atomic E-state index is 12.8. The van der Waals surface area contributed by atoms with Crippen molar-refractivity contribution in [3.05, 3.63) is 42.4 Å². The van der Waals surface area contributed by atoms with Gasteiger partial charge in [0.25, 0.3) is 5.91 Å². The van der Waals surface area contributed by atoms with E-state index in [2.05, 4.69) is 25.2 Å². The van der Waals surface area contributed by atoms with Crippen molar-refractivity contribution in [2.75, 3.05) is 36.4 Å². The number of hydrogen-bond donors (Lipinski definition) is 1. The van der Waals surface area contributed by atoms with Crippen LogP contribution in [-0.2, 0) is 0 Å². The first kappa shape index (κ1) is 16.2. The van der Waals surface area contributed by atoms with Gasteiger partial charge in [0, 0.05) is 50.8 Å². The maximum Gasteiger partial charge on any atom is 0.257 e. The lowest BCUT2D eigenvalue weighted by Gasteiger charge is -2.35. The summed E-state index contributed by atoms with van der Waals surface area (Å²) in [5.74, 6) is 1.37. The van der Waals surface area contributed by atoms with Gasteiger partial charge >= 0.3 is 0 Å².